The van der Waals surface area contributed by atoms with Crippen LogP contribution in [0.2, 0.25) is 0 Å². The molecule has 0 atom stereocenters. The fourth-order valence-electron chi connectivity index (χ4n) is 3.38. The first kappa shape index (κ1) is 21.9. The lowest BCUT2D eigenvalue weighted by Gasteiger charge is -2.13. The van der Waals surface area contributed by atoms with Gasteiger partial charge in [0.05, 0.1) is 17.4 Å². The third-order valence-electron chi connectivity index (χ3n) is 4.94. The highest BCUT2D eigenvalue weighted by Gasteiger charge is 2.19. The van der Waals surface area contributed by atoms with Crippen molar-refractivity contribution in [3.05, 3.63) is 96.6 Å². The van der Waals surface area contributed by atoms with Crippen molar-refractivity contribution in [2.45, 2.75) is 4.90 Å². The van der Waals surface area contributed by atoms with Crippen LogP contribution in [0.3, 0.4) is 0 Å². The number of nitrogens with two attached hydrogens (primary N) is 2. The number of nitrogens with zero attached hydrogens (tertiary/aromatic N) is 2. The highest BCUT2D eigenvalue weighted by atomic mass is 32.2. The molecule has 0 saturated heterocycles. The van der Waals surface area contributed by atoms with Crippen LogP contribution in [0.4, 0.5) is 5.69 Å². The summed E-state index contributed by atoms with van der Waals surface area (Å²) in [6.45, 7) is 0. The number of primary sulfonamides is 1. The molecule has 10 heteroatoms. The van der Waals surface area contributed by atoms with Gasteiger partial charge in [-0.15, -0.1) is 0 Å². The summed E-state index contributed by atoms with van der Waals surface area (Å²) in [5, 5.41) is 15.8. The maximum Gasteiger partial charge on any atom is 0.274 e. The molecule has 0 radical (unpaired) electrons. The van der Waals surface area contributed by atoms with Gasteiger partial charge in [-0.25, -0.2) is 18.5 Å². The lowest BCUT2D eigenvalue weighted by molar-refractivity contribution is 0.102. The van der Waals surface area contributed by atoms with Crippen molar-refractivity contribution >= 4 is 27.5 Å². The number of nitrogen functional groups attached to an aromatic ring is 1. The molecule has 0 aliphatic carbocycles. The average Bonchev–Trinajstić information content (AvgIpc) is 3.29. The number of hydrogen-bond acceptors (Lipinski definition) is 5. The molecule has 3 aromatic carbocycles. The van der Waals surface area contributed by atoms with Crippen molar-refractivity contribution < 1.29 is 13.2 Å². The Morgan fingerprint density at radius 1 is 1.00 bits per heavy atom. The predicted molar refractivity (Wildman–Crippen MR) is 126 cm³/mol. The highest BCUT2D eigenvalue weighted by Crippen LogP contribution is 2.29. The van der Waals surface area contributed by atoms with E-state index in [2.05, 4.69) is 10.3 Å². The molecule has 6 N–H and O–H groups in total. The van der Waals surface area contributed by atoms with Gasteiger partial charge in [-0.05, 0) is 29.8 Å². The van der Waals surface area contributed by atoms with Gasteiger partial charge in [0, 0.05) is 22.5 Å². The van der Waals surface area contributed by atoms with Crippen molar-refractivity contribution in [2.75, 3.05) is 5.32 Å². The summed E-state index contributed by atoms with van der Waals surface area (Å²) in [7, 11) is -4.06. The minimum absolute atomic E-state index is 0.100. The molecule has 0 aliphatic rings. The van der Waals surface area contributed by atoms with Gasteiger partial charge in [0.2, 0.25) is 10.0 Å². The van der Waals surface area contributed by atoms with E-state index < -0.39 is 15.9 Å². The van der Waals surface area contributed by atoms with Gasteiger partial charge in [0.15, 0.2) is 0 Å². The van der Waals surface area contributed by atoms with Gasteiger partial charge in [-0.1, -0.05) is 48.5 Å². The number of amides is 1. The molecule has 33 heavy (non-hydrogen) atoms. The Kier molecular flexibility index (Phi) is 5.78. The number of benzene rings is 3. The predicted octanol–water partition coefficient (Wildman–Crippen LogP) is 2.72. The Bertz CT molecular complexity index is 1460. The first-order valence-electron chi connectivity index (χ1n) is 9.75. The fraction of sp³-hybridized carbons (Fsp3) is 0. The molecule has 4 aromatic rings. The first-order chi connectivity index (χ1) is 15.7. The molecular weight excluding hydrogens is 440 g/mol. The van der Waals surface area contributed by atoms with Gasteiger partial charge >= 0.3 is 0 Å². The number of sulfonamides is 1. The molecule has 1 heterocycles. The molecule has 1 aromatic heterocycles. The van der Waals surface area contributed by atoms with E-state index in [0.717, 1.165) is 0 Å². The number of carbonyl (C=O) groups is 1. The summed E-state index contributed by atoms with van der Waals surface area (Å²) in [5.74, 6) is -0.606. The number of hydrogen-bond donors (Lipinski definition) is 4. The second kappa shape index (κ2) is 8.69. The van der Waals surface area contributed by atoms with Crippen molar-refractivity contribution in [3.8, 4) is 16.8 Å². The first-order valence-corrected chi connectivity index (χ1v) is 11.3. The van der Waals surface area contributed by atoms with Crippen LogP contribution < -0.4 is 16.2 Å². The van der Waals surface area contributed by atoms with Gasteiger partial charge in [-0.2, -0.15) is 0 Å². The van der Waals surface area contributed by atoms with Crippen LogP contribution in [0.25, 0.3) is 16.8 Å². The van der Waals surface area contributed by atoms with Crippen LogP contribution in [-0.4, -0.2) is 29.7 Å². The second-order valence-corrected chi connectivity index (χ2v) is 8.72. The van der Waals surface area contributed by atoms with Gasteiger partial charge in [0.1, 0.15) is 11.5 Å². The molecule has 0 fully saturated rings. The van der Waals surface area contributed by atoms with Crippen LogP contribution in [-0.2, 0) is 10.0 Å². The number of imidazole rings is 1. The minimum atomic E-state index is -4.06. The number of rotatable bonds is 6. The number of carbonyl (C=O) groups excluding carboxylic acids is 1. The number of nitrogens with one attached hydrogen (secondary N) is 2. The largest absolute Gasteiger partial charge is 0.384 e. The van der Waals surface area contributed by atoms with Gasteiger partial charge < -0.3 is 11.1 Å². The fourth-order valence-corrected chi connectivity index (χ4v) is 4.16. The average molecular weight is 461 g/mol. The molecule has 9 nitrogen and oxygen atoms in total. The number of aromatic nitrogens is 2. The van der Waals surface area contributed by atoms with Crippen molar-refractivity contribution in [3.63, 3.8) is 0 Å². The third kappa shape index (κ3) is 4.66. The Morgan fingerprint density at radius 3 is 2.45 bits per heavy atom. The summed E-state index contributed by atoms with van der Waals surface area (Å²) in [6, 6.07) is 20.3. The minimum Gasteiger partial charge on any atom is -0.384 e. The van der Waals surface area contributed by atoms with Crippen LogP contribution in [0, 0.1) is 5.41 Å². The summed E-state index contributed by atoms with van der Waals surface area (Å²) < 4.78 is 26.0. The van der Waals surface area contributed by atoms with Gasteiger partial charge in [0.25, 0.3) is 5.91 Å². The Labute approximate surface area is 190 Å². The molecule has 0 spiro atoms. The van der Waals surface area contributed by atoms with Crippen molar-refractivity contribution in [2.24, 2.45) is 10.9 Å². The SMILES string of the molecule is N=C(N)c1cccc(-n2cncc2C(=O)Nc2ccc(-c3ccccc3)c(S(N)(=O)=O)c2)c1. The van der Waals surface area contributed by atoms with Crippen LogP contribution >= 0.6 is 0 Å². The van der Waals surface area contributed by atoms with E-state index >= 15 is 0 Å². The molecule has 4 rings (SSSR count). The van der Waals surface area contributed by atoms with E-state index in [1.54, 1.807) is 65.2 Å². The maximum absolute atomic E-state index is 13.0. The quantitative estimate of drug-likeness (QED) is 0.257. The standard InChI is InChI=1S/C23H20N6O3S/c24-22(25)16-7-4-8-18(11-16)29-14-27-13-20(29)23(30)28-17-9-10-19(15-5-2-1-3-6-15)21(12-17)33(26,31)32/h1-14H,(H3,24,25)(H,28,30)(H2,26,31,32). The highest BCUT2D eigenvalue weighted by molar-refractivity contribution is 7.89. The summed E-state index contributed by atoms with van der Waals surface area (Å²) in [4.78, 5) is 16.9. The van der Waals surface area contributed by atoms with E-state index in [9.17, 15) is 13.2 Å². The number of anilines is 1. The summed E-state index contributed by atoms with van der Waals surface area (Å²) in [6.07, 6.45) is 2.84. The molecule has 1 amide bonds. The third-order valence-corrected chi connectivity index (χ3v) is 5.89. The molecule has 0 bridgehead atoms. The summed E-state index contributed by atoms with van der Waals surface area (Å²) >= 11 is 0. The lowest BCUT2D eigenvalue weighted by atomic mass is 10.1. The van der Waals surface area contributed by atoms with Crippen LogP contribution in [0.5, 0.6) is 0 Å². The van der Waals surface area contributed by atoms with Crippen molar-refractivity contribution in [1.82, 2.24) is 9.55 Å². The second-order valence-electron chi connectivity index (χ2n) is 7.19. The van der Waals surface area contributed by atoms with E-state index in [1.807, 2.05) is 6.07 Å². The van der Waals surface area contributed by atoms with Crippen LogP contribution in [0.1, 0.15) is 16.1 Å². The Hall–Kier alpha value is -4.28. The summed E-state index contributed by atoms with van der Waals surface area (Å²) in [5.41, 5.74) is 8.24. The zero-order chi connectivity index (χ0) is 23.6. The van der Waals surface area contributed by atoms with E-state index in [0.29, 0.717) is 22.4 Å². The molecule has 0 saturated carbocycles. The maximum atomic E-state index is 13.0. The topological polar surface area (TPSA) is 157 Å². The van der Waals surface area contributed by atoms with Crippen molar-refractivity contribution in [1.29, 1.82) is 5.41 Å². The smallest absolute Gasteiger partial charge is 0.274 e. The molecule has 0 aliphatic heterocycles. The zero-order valence-electron chi connectivity index (χ0n) is 17.3. The van der Waals surface area contributed by atoms with E-state index in [1.165, 1.54) is 18.6 Å². The Morgan fingerprint density at radius 2 is 1.76 bits per heavy atom. The normalized spacial score (nSPS) is 11.2. The molecule has 0 unspecified atom stereocenters. The Balaban J connectivity index is 1.68. The van der Waals surface area contributed by atoms with Gasteiger partial charge in [-0.3, -0.25) is 14.8 Å². The van der Waals surface area contributed by atoms with E-state index in [-0.39, 0.29) is 22.1 Å². The molecule has 166 valence electrons. The van der Waals surface area contributed by atoms with E-state index in [4.69, 9.17) is 16.3 Å². The monoisotopic (exact) mass is 460 g/mol. The van der Waals surface area contributed by atoms with Crippen LogP contribution in [0.15, 0.2) is 90.2 Å². The zero-order valence-corrected chi connectivity index (χ0v) is 18.1. The lowest BCUT2D eigenvalue weighted by Crippen LogP contribution is -2.18. The molecular formula is C23H20N6O3S. The number of amidine groups is 1.